The summed E-state index contributed by atoms with van der Waals surface area (Å²) in [6.07, 6.45) is 1.67. The van der Waals surface area contributed by atoms with Gasteiger partial charge in [0.2, 0.25) is 5.91 Å². The maximum atomic E-state index is 13.4. The summed E-state index contributed by atoms with van der Waals surface area (Å²) in [6, 6.07) is 11.3. The molecular formula is C19H18FN3O2S. The Labute approximate surface area is 154 Å². The molecule has 134 valence electrons. The van der Waals surface area contributed by atoms with Crippen LogP contribution in [0.2, 0.25) is 0 Å². The van der Waals surface area contributed by atoms with Crippen molar-refractivity contribution in [3.8, 4) is 5.75 Å². The van der Waals surface area contributed by atoms with Crippen molar-refractivity contribution in [1.82, 2.24) is 4.98 Å². The third-order valence-corrected chi connectivity index (χ3v) is 5.64. The highest BCUT2D eigenvalue weighted by molar-refractivity contribution is 7.22. The maximum absolute atomic E-state index is 13.4. The molecular weight excluding hydrogens is 353 g/mol. The van der Waals surface area contributed by atoms with E-state index in [4.69, 9.17) is 0 Å². The zero-order valence-electron chi connectivity index (χ0n) is 14.0. The minimum atomic E-state index is -0.272. The number of halogens is 1. The summed E-state index contributed by atoms with van der Waals surface area (Å²) in [5.74, 6) is -0.511. The Bertz CT molecular complexity index is 959. The van der Waals surface area contributed by atoms with Gasteiger partial charge in [0.05, 0.1) is 21.8 Å². The van der Waals surface area contributed by atoms with Gasteiger partial charge < -0.3 is 15.3 Å². The SMILES string of the molecule is O=C(Nc1ccccc1O)C1CCCN(c2nc3ccc(F)cc3s2)C1. The molecule has 0 spiro atoms. The zero-order valence-corrected chi connectivity index (χ0v) is 14.8. The van der Waals surface area contributed by atoms with Crippen LogP contribution in [0.3, 0.4) is 0 Å². The molecule has 1 atom stereocenters. The number of phenolic OH excluding ortho intramolecular Hbond substituents is 1. The number of amides is 1. The molecule has 4 rings (SSSR count). The van der Waals surface area contributed by atoms with E-state index in [1.54, 1.807) is 30.3 Å². The van der Waals surface area contributed by atoms with Gasteiger partial charge in [-0.25, -0.2) is 9.37 Å². The number of benzene rings is 2. The Kier molecular flexibility index (Phi) is 4.46. The number of aromatic nitrogens is 1. The van der Waals surface area contributed by atoms with Crippen LogP contribution in [-0.4, -0.2) is 29.1 Å². The van der Waals surface area contributed by atoms with Gasteiger partial charge in [0.1, 0.15) is 11.6 Å². The number of para-hydroxylation sites is 2. The van der Waals surface area contributed by atoms with Crippen molar-refractivity contribution in [1.29, 1.82) is 0 Å². The van der Waals surface area contributed by atoms with Crippen LogP contribution >= 0.6 is 11.3 Å². The number of thiazole rings is 1. The molecule has 7 heteroatoms. The Morgan fingerprint density at radius 3 is 3.00 bits per heavy atom. The molecule has 3 aromatic rings. The van der Waals surface area contributed by atoms with Crippen molar-refractivity contribution in [2.24, 2.45) is 5.92 Å². The molecule has 26 heavy (non-hydrogen) atoms. The van der Waals surface area contributed by atoms with Crippen molar-refractivity contribution in [3.63, 3.8) is 0 Å². The molecule has 1 unspecified atom stereocenters. The summed E-state index contributed by atoms with van der Waals surface area (Å²) in [7, 11) is 0. The Morgan fingerprint density at radius 1 is 1.31 bits per heavy atom. The number of phenols is 1. The lowest BCUT2D eigenvalue weighted by atomic mass is 9.97. The summed E-state index contributed by atoms with van der Waals surface area (Å²) in [4.78, 5) is 19.3. The van der Waals surface area contributed by atoms with E-state index in [1.165, 1.54) is 23.5 Å². The number of fused-ring (bicyclic) bond motifs is 1. The fraction of sp³-hybridized carbons (Fsp3) is 0.263. The van der Waals surface area contributed by atoms with E-state index in [-0.39, 0.29) is 23.4 Å². The molecule has 0 saturated carbocycles. The van der Waals surface area contributed by atoms with Gasteiger partial charge in [0, 0.05) is 13.1 Å². The fourth-order valence-electron chi connectivity index (χ4n) is 3.20. The summed E-state index contributed by atoms with van der Waals surface area (Å²) >= 11 is 1.44. The lowest BCUT2D eigenvalue weighted by molar-refractivity contribution is -0.120. The van der Waals surface area contributed by atoms with Crippen LogP contribution in [0.5, 0.6) is 5.75 Å². The van der Waals surface area contributed by atoms with E-state index in [0.29, 0.717) is 12.2 Å². The van der Waals surface area contributed by atoms with Crippen molar-refractivity contribution in [2.45, 2.75) is 12.8 Å². The lowest BCUT2D eigenvalue weighted by Gasteiger charge is -2.31. The molecule has 0 aliphatic carbocycles. The first-order chi connectivity index (χ1) is 12.6. The molecule has 2 aromatic carbocycles. The van der Waals surface area contributed by atoms with Gasteiger partial charge in [-0.1, -0.05) is 23.5 Å². The first kappa shape index (κ1) is 16.8. The number of nitrogens with zero attached hydrogens (tertiary/aromatic N) is 2. The fourth-order valence-corrected chi connectivity index (χ4v) is 4.23. The van der Waals surface area contributed by atoms with Gasteiger partial charge in [-0.15, -0.1) is 0 Å². The second kappa shape index (κ2) is 6.92. The van der Waals surface area contributed by atoms with Crippen molar-refractivity contribution in [3.05, 3.63) is 48.3 Å². The maximum Gasteiger partial charge on any atom is 0.229 e. The molecule has 0 radical (unpaired) electrons. The average molecular weight is 371 g/mol. The van der Waals surface area contributed by atoms with Crippen LogP contribution in [0.15, 0.2) is 42.5 Å². The molecule has 1 saturated heterocycles. The first-order valence-corrected chi connectivity index (χ1v) is 9.32. The highest BCUT2D eigenvalue weighted by atomic mass is 32.1. The number of aromatic hydroxyl groups is 1. The predicted molar refractivity (Wildman–Crippen MR) is 101 cm³/mol. The molecule has 2 heterocycles. The van der Waals surface area contributed by atoms with E-state index in [2.05, 4.69) is 15.2 Å². The average Bonchev–Trinajstić information content (AvgIpc) is 3.07. The van der Waals surface area contributed by atoms with Gasteiger partial charge in [-0.2, -0.15) is 0 Å². The monoisotopic (exact) mass is 371 g/mol. The number of anilines is 2. The minimum absolute atomic E-state index is 0.0571. The number of hydrogen-bond donors (Lipinski definition) is 2. The highest BCUT2D eigenvalue weighted by Gasteiger charge is 2.28. The second-order valence-electron chi connectivity index (χ2n) is 6.40. The Hall–Kier alpha value is -2.67. The number of piperidine rings is 1. The van der Waals surface area contributed by atoms with Crippen molar-refractivity contribution >= 4 is 38.3 Å². The summed E-state index contributed by atoms with van der Waals surface area (Å²) in [6.45, 7) is 1.38. The molecule has 1 aliphatic heterocycles. The third kappa shape index (κ3) is 3.35. The predicted octanol–water partition coefficient (Wildman–Crippen LogP) is 4.00. The standard InChI is InChI=1S/C19H18FN3O2S/c20-13-7-8-15-17(10-13)26-19(22-15)23-9-3-4-12(11-23)18(25)21-14-5-1-2-6-16(14)24/h1-2,5-8,10,12,24H,3-4,9,11H2,(H,21,25). The van der Waals surface area contributed by atoms with Crippen LogP contribution in [0, 0.1) is 11.7 Å². The Morgan fingerprint density at radius 2 is 2.15 bits per heavy atom. The molecule has 1 fully saturated rings. The normalized spacial score (nSPS) is 17.4. The zero-order chi connectivity index (χ0) is 18.1. The third-order valence-electron chi connectivity index (χ3n) is 4.56. The van der Waals surface area contributed by atoms with E-state index >= 15 is 0 Å². The number of carbonyl (C=O) groups excluding carboxylic acids is 1. The number of hydrogen-bond acceptors (Lipinski definition) is 5. The molecule has 1 aromatic heterocycles. The van der Waals surface area contributed by atoms with Gasteiger partial charge in [0.15, 0.2) is 5.13 Å². The number of carbonyl (C=O) groups is 1. The number of rotatable bonds is 3. The molecule has 2 N–H and O–H groups in total. The van der Waals surface area contributed by atoms with E-state index in [0.717, 1.165) is 34.7 Å². The van der Waals surface area contributed by atoms with E-state index in [9.17, 15) is 14.3 Å². The van der Waals surface area contributed by atoms with Crippen LogP contribution in [0.1, 0.15) is 12.8 Å². The van der Waals surface area contributed by atoms with Crippen molar-refractivity contribution < 1.29 is 14.3 Å². The lowest BCUT2D eigenvalue weighted by Crippen LogP contribution is -2.40. The van der Waals surface area contributed by atoms with Crippen LogP contribution in [0.25, 0.3) is 10.2 Å². The second-order valence-corrected chi connectivity index (χ2v) is 7.41. The molecule has 5 nitrogen and oxygen atoms in total. The molecule has 0 bridgehead atoms. The minimum Gasteiger partial charge on any atom is -0.506 e. The quantitative estimate of drug-likeness (QED) is 0.683. The Balaban J connectivity index is 1.49. The topological polar surface area (TPSA) is 65.5 Å². The van der Waals surface area contributed by atoms with Crippen molar-refractivity contribution in [2.75, 3.05) is 23.3 Å². The van der Waals surface area contributed by atoms with E-state index < -0.39 is 0 Å². The summed E-state index contributed by atoms with van der Waals surface area (Å²) in [5, 5.41) is 13.4. The van der Waals surface area contributed by atoms with Gasteiger partial charge in [-0.3, -0.25) is 4.79 Å². The van der Waals surface area contributed by atoms with Crippen LogP contribution in [0.4, 0.5) is 15.2 Å². The van der Waals surface area contributed by atoms with Gasteiger partial charge in [-0.05, 0) is 43.2 Å². The van der Waals surface area contributed by atoms with Gasteiger partial charge in [0.25, 0.3) is 0 Å². The number of nitrogens with one attached hydrogen (secondary N) is 1. The largest absolute Gasteiger partial charge is 0.506 e. The van der Waals surface area contributed by atoms with Crippen LogP contribution in [-0.2, 0) is 4.79 Å². The highest BCUT2D eigenvalue weighted by Crippen LogP contribution is 2.32. The van der Waals surface area contributed by atoms with Crippen LogP contribution < -0.4 is 10.2 Å². The van der Waals surface area contributed by atoms with Gasteiger partial charge >= 0.3 is 0 Å². The first-order valence-electron chi connectivity index (χ1n) is 8.50. The molecule has 1 amide bonds. The molecule has 1 aliphatic rings. The summed E-state index contributed by atoms with van der Waals surface area (Å²) < 4.78 is 14.2. The smallest absolute Gasteiger partial charge is 0.229 e. The van der Waals surface area contributed by atoms with E-state index in [1.807, 2.05) is 0 Å². The summed E-state index contributed by atoms with van der Waals surface area (Å²) in [5.41, 5.74) is 1.19.